The molecule has 0 N–H and O–H groups in total. The molecule has 0 amide bonds. The van der Waals surface area contributed by atoms with Crippen LogP contribution in [0, 0.1) is 0 Å². The van der Waals surface area contributed by atoms with Gasteiger partial charge in [-0.05, 0) is 13.0 Å². The first-order valence-corrected chi connectivity index (χ1v) is 5.43. The third kappa shape index (κ3) is 1.93. The van der Waals surface area contributed by atoms with Crippen molar-refractivity contribution in [2.24, 2.45) is 0 Å². The summed E-state index contributed by atoms with van der Waals surface area (Å²) in [6, 6.07) is 7.27. The first-order valence-electron chi connectivity index (χ1n) is 5.43. The Bertz CT molecular complexity index is 583. The molecule has 1 heterocycles. The average molecular weight is 231 g/mol. The molecule has 0 bridgehead atoms. The highest BCUT2D eigenvalue weighted by Crippen LogP contribution is 2.21. The van der Waals surface area contributed by atoms with Crippen LogP contribution in [-0.4, -0.2) is 23.1 Å². The molecule has 0 aliphatic heterocycles. The molecule has 0 saturated carbocycles. The number of ether oxygens (including phenoxy) is 1. The van der Waals surface area contributed by atoms with Crippen molar-refractivity contribution in [1.29, 1.82) is 0 Å². The molecule has 0 fully saturated rings. The second-order valence-electron chi connectivity index (χ2n) is 3.67. The van der Waals surface area contributed by atoms with Crippen molar-refractivity contribution in [3.63, 3.8) is 0 Å². The largest absolute Gasteiger partial charge is 0.462 e. The van der Waals surface area contributed by atoms with E-state index in [0.29, 0.717) is 12.2 Å². The molecule has 0 aliphatic rings. The second-order valence-corrected chi connectivity index (χ2v) is 3.67. The number of hydrogen-bond acceptors (Lipinski definition) is 3. The van der Waals surface area contributed by atoms with Crippen molar-refractivity contribution < 1.29 is 14.3 Å². The van der Waals surface area contributed by atoms with E-state index in [4.69, 9.17) is 4.74 Å². The van der Waals surface area contributed by atoms with Crippen LogP contribution >= 0.6 is 0 Å². The lowest BCUT2D eigenvalue weighted by Crippen LogP contribution is -2.05. The van der Waals surface area contributed by atoms with Gasteiger partial charge in [0.15, 0.2) is 0 Å². The molecule has 1 aromatic carbocycles. The van der Waals surface area contributed by atoms with Gasteiger partial charge in [0, 0.05) is 18.5 Å². The van der Waals surface area contributed by atoms with Gasteiger partial charge < -0.3 is 4.74 Å². The maximum Gasteiger partial charge on any atom is 0.340 e. The molecule has 2 rings (SSSR count). The van der Waals surface area contributed by atoms with Gasteiger partial charge in [0.2, 0.25) is 5.91 Å². The Hall–Kier alpha value is -2.10. The van der Waals surface area contributed by atoms with E-state index in [1.807, 2.05) is 12.1 Å². The van der Waals surface area contributed by atoms with Crippen LogP contribution in [0.4, 0.5) is 0 Å². The van der Waals surface area contributed by atoms with E-state index in [1.54, 1.807) is 19.1 Å². The van der Waals surface area contributed by atoms with Crippen molar-refractivity contribution in [1.82, 2.24) is 4.57 Å². The maximum atomic E-state index is 11.7. The lowest BCUT2D eigenvalue weighted by Gasteiger charge is -1.98. The van der Waals surface area contributed by atoms with Crippen LogP contribution in [0.2, 0.25) is 0 Å². The summed E-state index contributed by atoms with van der Waals surface area (Å²) in [7, 11) is 0. The average Bonchev–Trinajstić information content (AvgIpc) is 2.69. The fraction of sp³-hybridized carbons (Fsp3) is 0.231. The van der Waals surface area contributed by atoms with E-state index in [-0.39, 0.29) is 5.91 Å². The number of hydrogen-bond donors (Lipinski definition) is 0. The van der Waals surface area contributed by atoms with Crippen molar-refractivity contribution in [3.05, 3.63) is 36.0 Å². The molecule has 4 nitrogen and oxygen atoms in total. The molecule has 17 heavy (non-hydrogen) atoms. The first-order chi connectivity index (χ1) is 8.15. The minimum atomic E-state index is -0.399. The van der Waals surface area contributed by atoms with Gasteiger partial charge in [-0.3, -0.25) is 9.36 Å². The molecule has 0 radical (unpaired) electrons. The first kappa shape index (κ1) is 11.4. The fourth-order valence-electron chi connectivity index (χ4n) is 1.81. The molecule has 2 aromatic rings. The predicted molar refractivity (Wildman–Crippen MR) is 64.2 cm³/mol. The van der Waals surface area contributed by atoms with E-state index in [9.17, 15) is 9.59 Å². The van der Waals surface area contributed by atoms with Gasteiger partial charge >= 0.3 is 5.97 Å². The monoisotopic (exact) mass is 231 g/mol. The van der Waals surface area contributed by atoms with E-state index in [2.05, 4.69) is 0 Å². The molecule has 1 aromatic heterocycles. The van der Waals surface area contributed by atoms with Crippen LogP contribution in [0.5, 0.6) is 0 Å². The van der Waals surface area contributed by atoms with Crippen LogP contribution in [-0.2, 0) is 4.74 Å². The minimum Gasteiger partial charge on any atom is -0.462 e. The molecule has 0 spiro atoms. The normalized spacial score (nSPS) is 10.5. The standard InChI is InChI=1S/C13H13NO3/c1-3-17-13(16)11-8-14(9(2)15)12-7-5-4-6-10(11)12/h4-8H,3H2,1-2H3. The lowest BCUT2D eigenvalue weighted by atomic mass is 10.2. The number of aromatic nitrogens is 1. The van der Waals surface area contributed by atoms with Gasteiger partial charge in [0.1, 0.15) is 0 Å². The number of benzene rings is 1. The zero-order valence-electron chi connectivity index (χ0n) is 9.77. The highest BCUT2D eigenvalue weighted by Gasteiger charge is 2.16. The highest BCUT2D eigenvalue weighted by atomic mass is 16.5. The van der Waals surface area contributed by atoms with E-state index < -0.39 is 5.97 Å². The Labute approximate surface area is 98.8 Å². The minimum absolute atomic E-state index is 0.128. The number of carbonyl (C=O) groups is 2. The molecule has 4 heteroatoms. The SMILES string of the molecule is CCOC(=O)c1cn(C(C)=O)c2ccccc12. The zero-order chi connectivity index (χ0) is 12.4. The third-order valence-corrected chi connectivity index (χ3v) is 2.55. The van der Waals surface area contributed by atoms with E-state index in [0.717, 1.165) is 10.9 Å². The second kappa shape index (κ2) is 4.41. The van der Waals surface area contributed by atoms with Gasteiger partial charge in [0.25, 0.3) is 0 Å². The van der Waals surface area contributed by atoms with Gasteiger partial charge in [-0.2, -0.15) is 0 Å². The summed E-state index contributed by atoms with van der Waals surface area (Å²) in [6.07, 6.45) is 1.53. The summed E-state index contributed by atoms with van der Waals surface area (Å²) in [5, 5.41) is 0.737. The summed E-state index contributed by atoms with van der Waals surface area (Å²) in [4.78, 5) is 23.2. The molecule has 88 valence electrons. The number of rotatable bonds is 2. The van der Waals surface area contributed by atoms with Gasteiger partial charge in [0.05, 0.1) is 17.7 Å². The number of carbonyl (C=O) groups excluding carboxylic acids is 2. The summed E-state index contributed by atoms with van der Waals surface area (Å²) in [5.74, 6) is -0.527. The summed E-state index contributed by atoms with van der Waals surface area (Å²) in [6.45, 7) is 3.53. The Kier molecular flexibility index (Phi) is 2.95. The van der Waals surface area contributed by atoms with Crippen LogP contribution in [0.3, 0.4) is 0 Å². The predicted octanol–water partition coefficient (Wildman–Crippen LogP) is 2.48. The number of nitrogens with zero attached hydrogens (tertiary/aromatic N) is 1. The maximum absolute atomic E-state index is 11.7. The summed E-state index contributed by atoms with van der Waals surface area (Å²) >= 11 is 0. The molecule has 0 unspecified atom stereocenters. The number of esters is 1. The van der Waals surface area contributed by atoms with E-state index in [1.165, 1.54) is 17.7 Å². The molecular formula is C13H13NO3. The van der Waals surface area contributed by atoms with Gasteiger partial charge in [-0.25, -0.2) is 4.79 Å². The highest BCUT2D eigenvalue weighted by molar-refractivity contribution is 6.07. The number of fused-ring (bicyclic) bond motifs is 1. The lowest BCUT2D eigenvalue weighted by molar-refractivity contribution is 0.0528. The Morgan fingerprint density at radius 2 is 2.00 bits per heavy atom. The van der Waals surface area contributed by atoms with Crippen LogP contribution < -0.4 is 0 Å². The van der Waals surface area contributed by atoms with Gasteiger partial charge in [-0.1, -0.05) is 18.2 Å². The Balaban J connectivity index is 2.64. The van der Waals surface area contributed by atoms with Crippen LogP contribution in [0.15, 0.2) is 30.5 Å². The fourth-order valence-corrected chi connectivity index (χ4v) is 1.81. The number of para-hydroxylation sites is 1. The molecule has 0 saturated heterocycles. The quantitative estimate of drug-likeness (QED) is 0.746. The van der Waals surface area contributed by atoms with E-state index >= 15 is 0 Å². The van der Waals surface area contributed by atoms with Crippen molar-refractivity contribution >= 4 is 22.8 Å². The Morgan fingerprint density at radius 1 is 1.29 bits per heavy atom. The molecule has 0 aliphatic carbocycles. The van der Waals surface area contributed by atoms with Crippen LogP contribution in [0.1, 0.15) is 29.0 Å². The summed E-state index contributed by atoms with van der Waals surface area (Å²) in [5.41, 5.74) is 1.15. The van der Waals surface area contributed by atoms with Crippen molar-refractivity contribution in [2.45, 2.75) is 13.8 Å². The zero-order valence-corrected chi connectivity index (χ0v) is 9.77. The van der Waals surface area contributed by atoms with Crippen molar-refractivity contribution in [2.75, 3.05) is 6.61 Å². The smallest absolute Gasteiger partial charge is 0.340 e. The molecular weight excluding hydrogens is 218 g/mol. The van der Waals surface area contributed by atoms with Crippen LogP contribution in [0.25, 0.3) is 10.9 Å². The van der Waals surface area contributed by atoms with Gasteiger partial charge in [-0.15, -0.1) is 0 Å². The summed E-state index contributed by atoms with van der Waals surface area (Å²) < 4.78 is 6.43. The molecule has 0 atom stereocenters. The Morgan fingerprint density at radius 3 is 2.65 bits per heavy atom. The van der Waals surface area contributed by atoms with Crippen molar-refractivity contribution in [3.8, 4) is 0 Å². The third-order valence-electron chi connectivity index (χ3n) is 2.55. The topological polar surface area (TPSA) is 48.3 Å².